The molecule has 2 aromatic rings. The summed E-state index contributed by atoms with van der Waals surface area (Å²) in [6, 6.07) is 6.86. The SMILES string of the molecule is CC(OC(=O)c1cc2cc(N)ccc2o1)C(=O)NC1CC1. The van der Waals surface area contributed by atoms with Crippen molar-refractivity contribution in [3.63, 3.8) is 0 Å². The fraction of sp³-hybridized carbons (Fsp3) is 0.333. The molecule has 1 aliphatic carbocycles. The quantitative estimate of drug-likeness (QED) is 0.661. The number of rotatable bonds is 4. The van der Waals surface area contributed by atoms with Gasteiger partial charge in [-0.05, 0) is 44.0 Å². The Morgan fingerprint density at radius 3 is 2.86 bits per heavy atom. The summed E-state index contributed by atoms with van der Waals surface area (Å²) >= 11 is 0. The molecular weight excluding hydrogens is 272 g/mol. The molecule has 1 aromatic heterocycles. The Balaban J connectivity index is 1.69. The lowest BCUT2D eigenvalue weighted by Crippen LogP contribution is -2.37. The third-order valence-electron chi connectivity index (χ3n) is 3.32. The minimum Gasteiger partial charge on any atom is -0.449 e. The van der Waals surface area contributed by atoms with Crippen LogP contribution in [0.3, 0.4) is 0 Å². The van der Waals surface area contributed by atoms with Crippen LogP contribution in [-0.2, 0) is 9.53 Å². The summed E-state index contributed by atoms with van der Waals surface area (Å²) < 4.78 is 10.5. The average Bonchev–Trinajstić information content (AvgIpc) is 3.14. The highest BCUT2D eigenvalue weighted by Crippen LogP contribution is 2.23. The maximum Gasteiger partial charge on any atom is 0.375 e. The lowest BCUT2D eigenvalue weighted by Gasteiger charge is -2.11. The maximum absolute atomic E-state index is 12.0. The van der Waals surface area contributed by atoms with Crippen LogP contribution in [0.5, 0.6) is 0 Å². The van der Waals surface area contributed by atoms with Crippen molar-refractivity contribution in [3.8, 4) is 0 Å². The van der Waals surface area contributed by atoms with Crippen molar-refractivity contribution >= 4 is 28.5 Å². The zero-order valence-corrected chi connectivity index (χ0v) is 11.6. The van der Waals surface area contributed by atoms with E-state index >= 15 is 0 Å². The summed E-state index contributed by atoms with van der Waals surface area (Å²) in [7, 11) is 0. The Morgan fingerprint density at radius 1 is 1.38 bits per heavy atom. The van der Waals surface area contributed by atoms with Gasteiger partial charge in [0.1, 0.15) is 5.58 Å². The van der Waals surface area contributed by atoms with E-state index in [4.69, 9.17) is 14.9 Å². The van der Waals surface area contributed by atoms with Crippen LogP contribution in [0, 0.1) is 0 Å². The molecule has 1 fully saturated rings. The van der Waals surface area contributed by atoms with E-state index in [-0.39, 0.29) is 17.7 Å². The van der Waals surface area contributed by atoms with E-state index < -0.39 is 12.1 Å². The van der Waals surface area contributed by atoms with Crippen LogP contribution in [0.25, 0.3) is 11.0 Å². The largest absolute Gasteiger partial charge is 0.449 e. The van der Waals surface area contributed by atoms with Crippen molar-refractivity contribution in [3.05, 3.63) is 30.0 Å². The fourth-order valence-electron chi connectivity index (χ4n) is 1.98. The number of nitrogens with two attached hydrogens (primary N) is 1. The van der Waals surface area contributed by atoms with Crippen molar-refractivity contribution < 1.29 is 18.7 Å². The number of carbonyl (C=O) groups is 2. The Morgan fingerprint density at radius 2 is 2.14 bits per heavy atom. The average molecular weight is 288 g/mol. The maximum atomic E-state index is 12.0. The third kappa shape index (κ3) is 2.99. The molecule has 6 heteroatoms. The van der Waals surface area contributed by atoms with Crippen molar-refractivity contribution in [2.24, 2.45) is 0 Å². The van der Waals surface area contributed by atoms with Crippen molar-refractivity contribution in [2.45, 2.75) is 31.9 Å². The fourth-order valence-corrected chi connectivity index (χ4v) is 1.98. The topological polar surface area (TPSA) is 94.6 Å². The van der Waals surface area contributed by atoms with Gasteiger partial charge in [-0.1, -0.05) is 0 Å². The van der Waals surface area contributed by atoms with E-state index in [9.17, 15) is 9.59 Å². The van der Waals surface area contributed by atoms with Crippen molar-refractivity contribution in [1.29, 1.82) is 0 Å². The van der Waals surface area contributed by atoms with E-state index in [1.165, 1.54) is 6.92 Å². The van der Waals surface area contributed by atoms with Gasteiger partial charge in [0.05, 0.1) is 0 Å². The molecule has 0 saturated heterocycles. The van der Waals surface area contributed by atoms with Gasteiger partial charge in [-0.25, -0.2) is 4.79 Å². The highest BCUT2D eigenvalue weighted by molar-refractivity contribution is 5.95. The molecule has 0 bridgehead atoms. The molecule has 21 heavy (non-hydrogen) atoms. The first kappa shape index (κ1) is 13.5. The predicted molar refractivity (Wildman–Crippen MR) is 76.7 cm³/mol. The van der Waals surface area contributed by atoms with Crippen molar-refractivity contribution in [1.82, 2.24) is 5.32 Å². The number of hydrogen-bond donors (Lipinski definition) is 2. The second-order valence-corrected chi connectivity index (χ2v) is 5.24. The molecule has 0 aliphatic heterocycles. The van der Waals surface area contributed by atoms with E-state index in [1.807, 2.05) is 0 Å². The number of nitrogen functional groups attached to an aromatic ring is 1. The summed E-state index contributed by atoms with van der Waals surface area (Å²) in [5, 5.41) is 3.50. The van der Waals surface area contributed by atoms with Crippen LogP contribution >= 0.6 is 0 Å². The number of carbonyl (C=O) groups excluding carboxylic acids is 2. The molecule has 1 aliphatic rings. The second-order valence-electron chi connectivity index (χ2n) is 5.24. The summed E-state index contributed by atoms with van der Waals surface area (Å²) in [6.07, 6.45) is 1.12. The minimum absolute atomic E-state index is 0.0571. The number of benzene rings is 1. The van der Waals surface area contributed by atoms with E-state index in [0.717, 1.165) is 18.2 Å². The second kappa shape index (κ2) is 5.12. The van der Waals surface area contributed by atoms with E-state index in [0.29, 0.717) is 11.3 Å². The van der Waals surface area contributed by atoms with Gasteiger partial charge in [-0.2, -0.15) is 0 Å². The van der Waals surface area contributed by atoms with Gasteiger partial charge in [-0.15, -0.1) is 0 Å². The monoisotopic (exact) mass is 288 g/mol. The van der Waals surface area contributed by atoms with Crippen LogP contribution in [0.4, 0.5) is 5.69 Å². The highest BCUT2D eigenvalue weighted by atomic mass is 16.6. The highest BCUT2D eigenvalue weighted by Gasteiger charge is 2.28. The molecule has 1 unspecified atom stereocenters. The lowest BCUT2D eigenvalue weighted by molar-refractivity contribution is -0.129. The predicted octanol–water partition coefficient (Wildman–Crippen LogP) is 1.84. The zero-order chi connectivity index (χ0) is 15.0. The Bertz CT molecular complexity index is 703. The van der Waals surface area contributed by atoms with Gasteiger partial charge in [0.15, 0.2) is 6.10 Å². The van der Waals surface area contributed by atoms with E-state index in [1.54, 1.807) is 24.3 Å². The van der Waals surface area contributed by atoms with Gasteiger partial charge in [0.2, 0.25) is 5.76 Å². The number of ether oxygens (including phenoxy) is 1. The standard InChI is InChI=1S/C15H16N2O4/c1-8(14(18)17-11-3-4-11)20-15(19)13-7-9-6-10(16)2-5-12(9)21-13/h2,5-8,11H,3-4,16H2,1H3,(H,17,18). The summed E-state index contributed by atoms with van der Waals surface area (Å²) in [5.41, 5.74) is 6.80. The van der Waals surface area contributed by atoms with Gasteiger partial charge in [0, 0.05) is 17.1 Å². The van der Waals surface area contributed by atoms with Crippen LogP contribution in [0.2, 0.25) is 0 Å². The first-order chi connectivity index (χ1) is 10.0. The first-order valence-electron chi connectivity index (χ1n) is 6.83. The molecular formula is C15H16N2O4. The van der Waals surface area contributed by atoms with Crippen LogP contribution in [0.15, 0.2) is 28.7 Å². The molecule has 0 spiro atoms. The lowest BCUT2D eigenvalue weighted by atomic mass is 10.2. The van der Waals surface area contributed by atoms with Gasteiger partial charge in [0.25, 0.3) is 5.91 Å². The molecule has 110 valence electrons. The van der Waals surface area contributed by atoms with Gasteiger partial charge >= 0.3 is 5.97 Å². The van der Waals surface area contributed by atoms with Gasteiger partial charge < -0.3 is 20.2 Å². The molecule has 1 amide bonds. The number of furan rings is 1. The zero-order valence-electron chi connectivity index (χ0n) is 11.6. The number of anilines is 1. The summed E-state index contributed by atoms with van der Waals surface area (Å²) in [5.74, 6) is -0.893. The molecule has 1 heterocycles. The molecule has 0 radical (unpaired) electrons. The molecule has 1 atom stereocenters. The molecule has 1 saturated carbocycles. The number of esters is 1. The van der Waals surface area contributed by atoms with Crippen LogP contribution in [0.1, 0.15) is 30.3 Å². The Hall–Kier alpha value is -2.50. The molecule has 3 N–H and O–H groups in total. The molecule has 3 rings (SSSR count). The van der Waals surface area contributed by atoms with Crippen molar-refractivity contribution in [2.75, 3.05) is 5.73 Å². The summed E-state index contributed by atoms with van der Waals surface area (Å²) in [6.45, 7) is 1.54. The van der Waals surface area contributed by atoms with Crippen LogP contribution < -0.4 is 11.1 Å². The molecule has 1 aromatic carbocycles. The number of nitrogens with one attached hydrogen (secondary N) is 1. The van der Waals surface area contributed by atoms with Crippen LogP contribution in [-0.4, -0.2) is 24.0 Å². The first-order valence-corrected chi connectivity index (χ1v) is 6.83. The van der Waals surface area contributed by atoms with E-state index in [2.05, 4.69) is 5.32 Å². The molecule has 6 nitrogen and oxygen atoms in total. The smallest absolute Gasteiger partial charge is 0.375 e. The van der Waals surface area contributed by atoms with Gasteiger partial charge in [-0.3, -0.25) is 4.79 Å². The summed E-state index contributed by atoms with van der Waals surface area (Å²) in [4.78, 5) is 23.7. The number of amides is 1. The third-order valence-corrected chi connectivity index (χ3v) is 3.32. The normalized spacial score (nSPS) is 15.7. The minimum atomic E-state index is -0.851. The number of hydrogen-bond acceptors (Lipinski definition) is 5. The Labute approximate surface area is 121 Å². The number of fused-ring (bicyclic) bond motifs is 1. The Kier molecular flexibility index (Phi) is 3.29.